The lowest BCUT2D eigenvalue weighted by molar-refractivity contribution is 0.102. The van der Waals surface area contributed by atoms with Crippen LogP contribution in [0.3, 0.4) is 0 Å². The molecular formula is C12H10ClNO2S. The third kappa shape index (κ3) is 2.60. The van der Waals surface area contributed by atoms with Gasteiger partial charge in [0.2, 0.25) is 0 Å². The molecule has 1 heterocycles. The van der Waals surface area contributed by atoms with Gasteiger partial charge in [0.15, 0.2) is 5.75 Å². The molecule has 0 saturated heterocycles. The molecule has 0 bridgehead atoms. The maximum Gasteiger partial charge on any atom is 0.256 e. The predicted molar refractivity (Wildman–Crippen MR) is 70.3 cm³/mol. The predicted octanol–water partition coefficient (Wildman–Crippen LogP) is 3.66. The van der Waals surface area contributed by atoms with Gasteiger partial charge in [-0.1, -0.05) is 17.7 Å². The van der Waals surface area contributed by atoms with Crippen LogP contribution in [0.2, 0.25) is 5.02 Å². The summed E-state index contributed by atoms with van der Waals surface area (Å²) in [6, 6.07) is 6.97. The molecule has 0 atom stereocenters. The Balaban J connectivity index is 2.25. The van der Waals surface area contributed by atoms with Gasteiger partial charge in [-0.15, -0.1) is 0 Å². The van der Waals surface area contributed by atoms with E-state index >= 15 is 0 Å². The van der Waals surface area contributed by atoms with E-state index in [1.54, 1.807) is 29.6 Å². The molecule has 0 fully saturated rings. The van der Waals surface area contributed by atoms with Gasteiger partial charge in [0.1, 0.15) is 0 Å². The first-order valence-corrected chi connectivity index (χ1v) is 6.20. The van der Waals surface area contributed by atoms with Crippen molar-refractivity contribution in [3.8, 4) is 5.75 Å². The van der Waals surface area contributed by atoms with Crippen molar-refractivity contribution in [3.63, 3.8) is 0 Å². The Kier molecular flexibility index (Phi) is 3.66. The van der Waals surface area contributed by atoms with E-state index in [2.05, 4.69) is 5.32 Å². The summed E-state index contributed by atoms with van der Waals surface area (Å²) in [4.78, 5) is 11.9. The highest BCUT2D eigenvalue weighted by molar-refractivity contribution is 7.08. The Bertz CT molecular complexity index is 525. The maximum absolute atomic E-state index is 11.9. The zero-order valence-corrected chi connectivity index (χ0v) is 10.6. The second-order valence-corrected chi connectivity index (χ2v) is 4.47. The second kappa shape index (κ2) is 5.21. The molecule has 88 valence electrons. The van der Waals surface area contributed by atoms with Crippen molar-refractivity contribution in [2.24, 2.45) is 0 Å². The summed E-state index contributed by atoms with van der Waals surface area (Å²) < 4.78 is 5.15. The lowest BCUT2D eigenvalue weighted by Crippen LogP contribution is -2.11. The van der Waals surface area contributed by atoms with E-state index in [0.717, 1.165) is 0 Å². The topological polar surface area (TPSA) is 38.3 Å². The minimum Gasteiger partial charge on any atom is -0.493 e. The molecule has 0 saturated carbocycles. The largest absolute Gasteiger partial charge is 0.493 e. The minimum atomic E-state index is -0.174. The molecule has 0 radical (unpaired) electrons. The fourth-order valence-corrected chi connectivity index (χ4v) is 2.29. The first-order chi connectivity index (χ1) is 8.22. The number of thiophene rings is 1. The lowest BCUT2D eigenvalue weighted by atomic mass is 10.2. The third-order valence-electron chi connectivity index (χ3n) is 2.20. The number of hydrogen-bond acceptors (Lipinski definition) is 3. The van der Waals surface area contributed by atoms with Crippen molar-refractivity contribution < 1.29 is 9.53 Å². The average Bonchev–Trinajstić information content (AvgIpc) is 2.82. The number of methoxy groups -OCH3 is 1. The fourth-order valence-electron chi connectivity index (χ4n) is 1.40. The van der Waals surface area contributed by atoms with Crippen LogP contribution in [0, 0.1) is 0 Å². The SMILES string of the molecule is COc1c(Cl)cccc1NC(=O)c1ccsc1. The fraction of sp³-hybridized carbons (Fsp3) is 0.0833. The third-order valence-corrected chi connectivity index (χ3v) is 3.18. The zero-order chi connectivity index (χ0) is 12.3. The van der Waals surface area contributed by atoms with Gasteiger partial charge in [-0.25, -0.2) is 0 Å². The van der Waals surface area contributed by atoms with Crippen molar-refractivity contribution in [2.45, 2.75) is 0 Å². The summed E-state index contributed by atoms with van der Waals surface area (Å²) in [5.41, 5.74) is 1.19. The van der Waals surface area contributed by atoms with Crippen LogP contribution in [0.15, 0.2) is 35.0 Å². The minimum absolute atomic E-state index is 0.174. The highest BCUT2D eigenvalue weighted by atomic mass is 35.5. The van der Waals surface area contributed by atoms with Crippen LogP contribution in [0.1, 0.15) is 10.4 Å². The van der Waals surface area contributed by atoms with E-state index in [0.29, 0.717) is 22.0 Å². The van der Waals surface area contributed by atoms with Crippen LogP contribution >= 0.6 is 22.9 Å². The van der Waals surface area contributed by atoms with Crippen LogP contribution in [-0.4, -0.2) is 13.0 Å². The standard InChI is InChI=1S/C12H10ClNO2S/c1-16-11-9(13)3-2-4-10(11)14-12(15)8-5-6-17-7-8/h2-7H,1H3,(H,14,15). The zero-order valence-electron chi connectivity index (χ0n) is 9.07. The molecule has 2 rings (SSSR count). The van der Waals surface area contributed by atoms with Gasteiger partial charge < -0.3 is 10.1 Å². The maximum atomic E-state index is 11.9. The molecule has 0 unspecified atom stereocenters. The second-order valence-electron chi connectivity index (χ2n) is 3.29. The number of carbonyl (C=O) groups excluding carboxylic acids is 1. The number of amides is 1. The van der Waals surface area contributed by atoms with Crippen LogP contribution in [-0.2, 0) is 0 Å². The van der Waals surface area contributed by atoms with E-state index in [9.17, 15) is 4.79 Å². The van der Waals surface area contributed by atoms with E-state index in [1.165, 1.54) is 18.4 Å². The highest BCUT2D eigenvalue weighted by Crippen LogP contribution is 2.32. The number of halogens is 1. The molecular weight excluding hydrogens is 258 g/mol. The van der Waals surface area contributed by atoms with Crippen molar-refractivity contribution >= 4 is 34.5 Å². The Morgan fingerprint density at radius 3 is 2.88 bits per heavy atom. The number of para-hydroxylation sites is 1. The molecule has 0 spiro atoms. The first kappa shape index (κ1) is 12.0. The number of benzene rings is 1. The smallest absolute Gasteiger partial charge is 0.256 e. The van der Waals surface area contributed by atoms with Crippen LogP contribution in [0.25, 0.3) is 0 Å². The van der Waals surface area contributed by atoms with Crippen LogP contribution < -0.4 is 10.1 Å². The van der Waals surface area contributed by atoms with E-state index < -0.39 is 0 Å². The molecule has 1 amide bonds. The van der Waals surface area contributed by atoms with Gasteiger partial charge in [0.25, 0.3) is 5.91 Å². The molecule has 3 nitrogen and oxygen atoms in total. The van der Waals surface area contributed by atoms with Crippen LogP contribution in [0.4, 0.5) is 5.69 Å². The molecule has 1 N–H and O–H groups in total. The molecule has 5 heteroatoms. The lowest BCUT2D eigenvalue weighted by Gasteiger charge is -2.10. The van der Waals surface area contributed by atoms with Gasteiger partial charge in [-0.3, -0.25) is 4.79 Å². The van der Waals surface area contributed by atoms with Crippen molar-refractivity contribution in [3.05, 3.63) is 45.6 Å². The van der Waals surface area contributed by atoms with Gasteiger partial charge in [0.05, 0.1) is 23.4 Å². The summed E-state index contributed by atoms with van der Waals surface area (Å²) >= 11 is 7.44. The van der Waals surface area contributed by atoms with Crippen molar-refractivity contribution in [1.29, 1.82) is 0 Å². The van der Waals surface area contributed by atoms with Crippen molar-refractivity contribution in [2.75, 3.05) is 12.4 Å². The number of ether oxygens (including phenoxy) is 1. The van der Waals surface area contributed by atoms with Crippen LogP contribution in [0.5, 0.6) is 5.75 Å². The molecule has 0 aliphatic rings. The molecule has 17 heavy (non-hydrogen) atoms. The Morgan fingerprint density at radius 1 is 1.41 bits per heavy atom. The number of rotatable bonds is 3. The van der Waals surface area contributed by atoms with E-state index in [-0.39, 0.29) is 5.91 Å². The summed E-state index contributed by atoms with van der Waals surface area (Å²) in [6.07, 6.45) is 0. The quantitative estimate of drug-likeness (QED) is 0.922. The van der Waals surface area contributed by atoms with Gasteiger partial charge in [-0.05, 0) is 23.6 Å². The Hall–Kier alpha value is -1.52. The van der Waals surface area contributed by atoms with Crippen molar-refractivity contribution in [1.82, 2.24) is 0 Å². The number of carbonyl (C=O) groups is 1. The monoisotopic (exact) mass is 267 g/mol. The number of hydrogen-bond donors (Lipinski definition) is 1. The average molecular weight is 268 g/mol. The van der Waals surface area contributed by atoms with Gasteiger partial charge >= 0.3 is 0 Å². The number of nitrogens with one attached hydrogen (secondary N) is 1. The summed E-state index contributed by atoms with van der Waals surface area (Å²) in [7, 11) is 1.52. The molecule has 1 aromatic carbocycles. The Morgan fingerprint density at radius 2 is 2.24 bits per heavy atom. The summed E-state index contributed by atoms with van der Waals surface area (Å²) in [6.45, 7) is 0. The highest BCUT2D eigenvalue weighted by Gasteiger charge is 2.11. The molecule has 0 aliphatic carbocycles. The molecule has 0 aliphatic heterocycles. The van der Waals surface area contributed by atoms with Gasteiger partial charge in [0, 0.05) is 5.38 Å². The Labute approximate surface area is 108 Å². The molecule has 1 aromatic heterocycles. The normalized spacial score (nSPS) is 10.0. The summed E-state index contributed by atoms with van der Waals surface area (Å²) in [5, 5.41) is 6.87. The first-order valence-electron chi connectivity index (χ1n) is 4.88. The van der Waals surface area contributed by atoms with Gasteiger partial charge in [-0.2, -0.15) is 11.3 Å². The van der Waals surface area contributed by atoms with E-state index in [1.807, 2.05) is 5.38 Å². The number of anilines is 1. The summed E-state index contributed by atoms with van der Waals surface area (Å²) in [5.74, 6) is 0.296. The molecule has 2 aromatic rings. The van der Waals surface area contributed by atoms with E-state index in [4.69, 9.17) is 16.3 Å².